The highest BCUT2D eigenvalue weighted by molar-refractivity contribution is 5.85. The van der Waals surface area contributed by atoms with E-state index < -0.39 is 0 Å². The van der Waals surface area contributed by atoms with Crippen molar-refractivity contribution in [3.8, 4) is 11.3 Å². The van der Waals surface area contributed by atoms with E-state index >= 15 is 0 Å². The van der Waals surface area contributed by atoms with Gasteiger partial charge in [-0.2, -0.15) is 4.73 Å². The van der Waals surface area contributed by atoms with Gasteiger partial charge in [0.25, 0.3) is 0 Å². The first-order valence-corrected chi connectivity index (χ1v) is 10.2. The van der Waals surface area contributed by atoms with Gasteiger partial charge in [-0.1, -0.05) is 78.9 Å². The second-order valence-electron chi connectivity index (χ2n) is 7.55. The first-order valence-electron chi connectivity index (χ1n) is 10.2. The number of nitrogens with one attached hydrogen (secondary N) is 1. The van der Waals surface area contributed by atoms with Crippen molar-refractivity contribution in [2.45, 2.75) is 12.8 Å². The number of benzene rings is 3. The van der Waals surface area contributed by atoms with Crippen LogP contribution >= 0.6 is 0 Å². The molecule has 1 N–H and O–H groups in total. The Balaban J connectivity index is 1.76. The lowest BCUT2D eigenvalue weighted by Crippen LogP contribution is -2.11. The molecule has 0 aliphatic carbocycles. The third kappa shape index (κ3) is 3.00. The van der Waals surface area contributed by atoms with Crippen molar-refractivity contribution in [2.24, 2.45) is 0 Å². The predicted molar refractivity (Wildman–Crippen MR) is 123 cm³/mol. The van der Waals surface area contributed by atoms with Crippen LogP contribution in [0.15, 0.2) is 97.2 Å². The number of aromatic amines is 1. The second kappa shape index (κ2) is 7.60. The van der Waals surface area contributed by atoms with Gasteiger partial charge in [0, 0.05) is 28.6 Å². The summed E-state index contributed by atoms with van der Waals surface area (Å²) in [6, 6.07) is 31.9. The molecule has 1 atom stereocenters. The van der Waals surface area contributed by atoms with Crippen LogP contribution < -0.4 is 4.84 Å². The van der Waals surface area contributed by atoms with E-state index in [0.29, 0.717) is 0 Å². The summed E-state index contributed by atoms with van der Waals surface area (Å²) in [5.74, 6) is 0.0983. The molecule has 2 heterocycles. The van der Waals surface area contributed by atoms with Gasteiger partial charge in [-0.25, -0.2) is 0 Å². The highest BCUT2D eigenvalue weighted by atomic mass is 16.6. The molecule has 3 nitrogen and oxygen atoms in total. The maximum absolute atomic E-state index is 5.81. The average molecular weight is 393 g/mol. The zero-order valence-electron chi connectivity index (χ0n) is 17.2. The largest absolute Gasteiger partial charge is 0.417 e. The maximum atomic E-state index is 5.81. The molecule has 5 aromatic rings. The van der Waals surface area contributed by atoms with Gasteiger partial charge in [-0.3, -0.25) is 0 Å². The van der Waals surface area contributed by atoms with E-state index in [1.54, 1.807) is 7.11 Å². The fourth-order valence-electron chi connectivity index (χ4n) is 4.45. The van der Waals surface area contributed by atoms with E-state index in [9.17, 15) is 0 Å². The van der Waals surface area contributed by atoms with Gasteiger partial charge < -0.3 is 9.82 Å². The highest BCUT2D eigenvalue weighted by Gasteiger charge is 2.26. The summed E-state index contributed by atoms with van der Waals surface area (Å²) in [4.78, 5) is 9.27. The molecule has 0 saturated heterocycles. The van der Waals surface area contributed by atoms with Crippen LogP contribution in [0, 0.1) is 6.92 Å². The fraction of sp³-hybridized carbons (Fsp3) is 0.111. The van der Waals surface area contributed by atoms with E-state index in [0.717, 1.165) is 22.5 Å². The molecule has 0 spiro atoms. The van der Waals surface area contributed by atoms with Crippen LogP contribution in [0.1, 0.15) is 28.3 Å². The summed E-state index contributed by atoms with van der Waals surface area (Å²) in [7, 11) is 1.73. The molecule has 3 heteroatoms. The van der Waals surface area contributed by atoms with Crippen LogP contribution in [-0.2, 0) is 0 Å². The molecule has 0 saturated carbocycles. The minimum Gasteiger partial charge on any atom is -0.417 e. The van der Waals surface area contributed by atoms with Crippen molar-refractivity contribution in [1.29, 1.82) is 0 Å². The number of hydrogen-bond donors (Lipinski definition) is 1. The minimum absolute atomic E-state index is 0.0983. The fourth-order valence-corrected chi connectivity index (χ4v) is 4.45. The van der Waals surface area contributed by atoms with Crippen LogP contribution in [0.3, 0.4) is 0 Å². The van der Waals surface area contributed by atoms with Gasteiger partial charge in [0.15, 0.2) is 0 Å². The summed E-state index contributed by atoms with van der Waals surface area (Å²) in [5.41, 5.74) is 8.24. The monoisotopic (exact) mass is 392 g/mol. The van der Waals surface area contributed by atoms with E-state index in [4.69, 9.17) is 4.84 Å². The third-order valence-electron chi connectivity index (χ3n) is 5.86. The lowest BCUT2D eigenvalue weighted by Gasteiger charge is -2.18. The Morgan fingerprint density at radius 2 is 1.47 bits per heavy atom. The van der Waals surface area contributed by atoms with Crippen LogP contribution in [0.5, 0.6) is 0 Å². The minimum atomic E-state index is 0.0983. The van der Waals surface area contributed by atoms with Gasteiger partial charge in [-0.15, -0.1) is 0 Å². The molecule has 0 aliphatic rings. The van der Waals surface area contributed by atoms with Crippen LogP contribution in [0.4, 0.5) is 0 Å². The van der Waals surface area contributed by atoms with E-state index in [-0.39, 0.29) is 5.92 Å². The SMILES string of the molecule is COn1c(-c2ccccc2)cc(C(c2ccccc2)c2c[nH]c3ccccc23)c1C. The van der Waals surface area contributed by atoms with Gasteiger partial charge in [0.1, 0.15) is 7.11 Å². The Hall–Kier alpha value is -3.72. The lowest BCUT2D eigenvalue weighted by molar-refractivity contribution is 0.166. The Morgan fingerprint density at radius 3 is 2.20 bits per heavy atom. The topological polar surface area (TPSA) is 29.9 Å². The predicted octanol–water partition coefficient (Wildman–Crippen LogP) is 6.18. The Bertz CT molecular complexity index is 1280. The van der Waals surface area contributed by atoms with Gasteiger partial charge >= 0.3 is 0 Å². The lowest BCUT2D eigenvalue weighted by atomic mass is 9.85. The van der Waals surface area contributed by atoms with Crippen molar-refractivity contribution in [3.63, 3.8) is 0 Å². The molecule has 5 rings (SSSR count). The first-order chi connectivity index (χ1) is 14.8. The molecular formula is C27H24N2O. The molecule has 0 radical (unpaired) electrons. The zero-order valence-corrected chi connectivity index (χ0v) is 17.2. The molecule has 0 fully saturated rings. The molecule has 148 valence electrons. The number of para-hydroxylation sites is 1. The van der Waals surface area contributed by atoms with Gasteiger partial charge in [-0.05, 0) is 35.7 Å². The molecule has 2 aromatic heterocycles. The first kappa shape index (κ1) is 18.3. The number of hydrogen-bond acceptors (Lipinski definition) is 1. The van der Waals surface area contributed by atoms with Crippen LogP contribution in [-0.4, -0.2) is 16.8 Å². The Labute approximate surface area is 176 Å². The van der Waals surface area contributed by atoms with Gasteiger partial charge in [0.2, 0.25) is 0 Å². The van der Waals surface area contributed by atoms with Crippen molar-refractivity contribution < 1.29 is 4.84 Å². The summed E-state index contributed by atoms with van der Waals surface area (Å²) in [5, 5.41) is 1.25. The Morgan fingerprint density at radius 1 is 0.800 bits per heavy atom. The summed E-state index contributed by atoms with van der Waals surface area (Å²) >= 11 is 0. The van der Waals surface area contributed by atoms with Crippen molar-refractivity contribution >= 4 is 10.9 Å². The molecule has 0 amide bonds. The molecule has 30 heavy (non-hydrogen) atoms. The number of H-pyrrole nitrogens is 1. The quantitative estimate of drug-likeness (QED) is 0.380. The molecule has 0 bridgehead atoms. The van der Waals surface area contributed by atoms with E-state index in [2.05, 4.69) is 103 Å². The standard InChI is InChI=1S/C27H24N2O/c1-19-23(17-26(29(19)30-2)20-11-5-3-6-12-20)27(21-13-7-4-8-14-21)24-18-28-25-16-10-9-15-22(24)25/h3-18,27-28H,1-2H3. The van der Waals surface area contributed by atoms with Crippen molar-refractivity contribution in [1.82, 2.24) is 9.71 Å². The average Bonchev–Trinajstić information content (AvgIpc) is 3.37. The van der Waals surface area contributed by atoms with Crippen molar-refractivity contribution in [2.75, 3.05) is 7.11 Å². The third-order valence-corrected chi connectivity index (χ3v) is 5.86. The van der Waals surface area contributed by atoms with E-state index in [1.807, 2.05) is 10.8 Å². The number of fused-ring (bicyclic) bond motifs is 1. The van der Waals surface area contributed by atoms with E-state index in [1.165, 1.54) is 22.1 Å². The Kier molecular flexibility index (Phi) is 4.64. The maximum Gasteiger partial charge on any atom is 0.104 e. The van der Waals surface area contributed by atoms with Gasteiger partial charge in [0.05, 0.1) is 11.4 Å². The van der Waals surface area contributed by atoms with Crippen LogP contribution in [0.2, 0.25) is 0 Å². The number of aromatic nitrogens is 2. The summed E-state index contributed by atoms with van der Waals surface area (Å²) in [6.45, 7) is 2.13. The molecule has 1 unspecified atom stereocenters. The second-order valence-corrected chi connectivity index (χ2v) is 7.55. The number of rotatable bonds is 5. The smallest absolute Gasteiger partial charge is 0.104 e. The van der Waals surface area contributed by atoms with Crippen molar-refractivity contribution in [3.05, 3.63) is 120 Å². The highest BCUT2D eigenvalue weighted by Crippen LogP contribution is 2.40. The summed E-state index contributed by atoms with van der Waals surface area (Å²) in [6.07, 6.45) is 2.15. The number of nitrogens with zero attached hydrogens (tertiary/aromatic N) is 1. The molecule has 3 aromatic carbocycles. The molecule has 0 aliphatic heterocycles. The zero-order chi connectivity index (χ0) is 20.5. The van der Waals surface area contributed by atoms with Crippen LogP contribution in [0.25, 0.3) is 22.2 Å². The normalized spacial score (nSPS) is 12.2. The molecular weight excluding hydrogens is 368 g/mol. The summed E-state index contributed by atoms with van der Waals surface area (Å²) < 4.78 is 1.94.